The van der Waals surface area contributed by atoms with Gasteiger partial charge in [-0.15, -0.1) is 0 Å². The van der Waals surface area contributed by atoms with Gasteiger partial charge in [0.15, 0.2) is 0 Å². The molecule has 1 amide bonds. The number of carbonyl (C=O) groups excluding carboxylic acids is 1. The van der Waals surface area contributed by atoms with Crippen LogP contribution in [0.2, 0.25) is 0 Å². The number of carbonyl (C=O) groups is 1. The highest BCUT2D eigenvalue weighted by atomic mass is 16.3. The second-order valence-electron chi connectivity index (χ2n) is 3.63. The van der Waals surface area contributed by atoms with Gasteiger partial charge in [-0.2, -0.15) is 0 Å². The van der Waals surface area contributed by atoms with Crippen LogP contribution in [0, 0.1) is 6.07 Å². The summed E-state index contributed by atoms with van der Waals surface area (Å²) >= 11 is 0. The van der Waals surface area contributed by atoms with E-state index in [9.17, 15) is 9.90 Å². The Balaban J connectivity index is 1.93. The first-order chi connectivity index (χ1) is 7.25. The fourth-order valence-electron chi connectivity index (χ4n) is 1.62. The molecule has 1 saturated heterocycles. The molecule has 1 fully saturated rings. The Morgan fingerprint density at radius 2 is 2.27 bits per heavy atom. The maximum Gasteiger partial charge on any atom is 0.241 e. The minimum absolute atomic E-state index is 0.0993. The van der Waals surface area contributed by atoms with Crippen molar-refractivity contribution in [3.05, 3.63) is 30.3 Å². The van der Waals surface area contributed by atoms with Crippen LogP contribution >= 0.6 is 0 Å². The number of amides is 1. The second-order valence-corrected chi connectivity index (χ2v) is 3.63. The van der Waals surface area contributed by atoms with E-state index in [1.807, 2.05) is 0 Å². The lowest BCUT2D eigenvalue weighted by molar-refractivity contribution is -0.117. The van der Waals surface area contributed by atoms with E-state index in [1.54, 1.807) is 24.3 Å². The van der Waals surface area contributed by atoms with E-state index in [4.69, 9.17) is 0 Å². The molecule has 1 aliphatic rings. The maximum atomic E-state index is 11.7. The van der Waals surface area contributed by atoms with Crippen LogP contribution in [0.15, 0.2) is 24.3 Å². The molecule has 4 nitrogen and oxygen atoms in total. The van der Waals surface area contributed by atoms with Gasteiger partial charge in [0.1, 0.15) is 0 Å². The quantitative estimate of drug-likeness (QED) is 0.644. The van der Waals surface area contributed by atoms with E-state index in [0.29, 0.717) is 13.0 Å². The van der Waals surface area contributed by atoms with Crippen LogP contribution in [-0.2, 0) is 4.79 Å². The predicted molar refractivity (Wildman–Crippen MR) is 56.3 cm³/mol. The first kappa shape index (κ1) is 10.1. The van der Waals surface area contributed by atoms with Crippen LogP contribution < -0.4 is 10.6 Å². The van der Waals surface area contributed by atoms with Crippen molar-refractivity contribution >= 4 is 11.6 Å². The normalized spacial score (nSPS) is 25.1. The third kappa shape index (κ3) is 2.55. The largest absolute Gasteiger partial charge is 0.392 e. The lowest BCUT2D eigenvalue weighted by Gasteiger charge is -2.10. The van der Waals surface area contributed by atoms with Gasteiger partial charge in [0.05, 0.1) is 12.1 Å². The summed E-state index contributed by atoms with van der Waals surface area (Å²) in [5.74, 6) is -0.0993. The topological polar surface area (TPSA) is 61.4 Å². The van der Waals surface area contributed by atoms with E-state index in [0.717, 1.165) is 5.69 Å². The lowest BCUT2D eigenvalue weighted by Crippen LogP contribution is -2.35. The van der Waals surface area contributed by atoms with Gasteiger partial charge in [-0.1, -0.05) is 12.1 Å². The zero-order valence-electron chi connectivity index (χ0n) is 8.23. The van der Waals surface area contributed by atoms with Crippen LogP contribution in [0.25, 0.3) is 0 Å². The molecule has 1 heterocycles. The number of β-amino-alcohol motifs (C(OH)–C–C–N with tert-alkyl or cyclic N) is 1. The number of hydrogen-bond donors (Lipinski definition) is 3. The summed E-state index contributed by atoms with van der Waals surface area (Å²) in [5.41, 5.74) is 0.752. The Hall–Kier alpha value is -1.39. The molecular formula is C11H13N2O2. The number of aliphatic hydroxyl groups is 1. The molecule has 79 valence electrons. The minimum Gasteiger partial charge on any atom is -0.392 e. The lowest BCUT2D eigenvalue weighted by atomic mass is 10.2. The van der Waals surface area contributed by atoms with Crippen molar-refractivity contribution in [2.45, 2.75) is 18.6 Å². The standard InChI is InChI=1S/C11H13N2O2/c14-9-6-10(12-7-9)11(15)13-8-4-2-1-3-5-8/h2-5,9-10,12,14H,6-7H2,(H,13,15). The number of hydrogen-bond acceptors (Lipinski definition) is 3. The summed E-state index contributed by atoms with van der Waals surface area (Å²) < 4.78 is 0. The fraction of sp³-hybridized carbons (Fsp3) is 0.364. The number of benzene rings is 1. The summed E-state index contributed by atoms with van der Waals surface area (Å²) in [5, 5.41) is 15.0. The molecule has 0 spiro atoms. The maximum absolute atomic E-state index is 11.7. The van der Waals surface area contributed by atoms with Crippen molar-refractivity contribution in [1.29, 1.82) is 0 Å². The highest BCUT2D eigenvalue weighted by Crippen LogP contribution is 2.10. The molecule has 0 aromatic heterocycles. The molecule has 2 atom stereocenters. The van der Waals surface area contributed by atoms with Gasteiger partial charge in [-0.3, -0.25) is 4.79 Å². The molecule has 0 saturated carbocycles. The monoisotopic (exact) mass is 205 g/mol. The zero-order chi connectivity index (χ0) is 10.7. The van der Waals surface area contributed by atoms with Crippen molar-refractivity contribution in [3.63, 3.8) is 0 Å². The van der Waals surface area contributed by atoms with Gasteiger partial charge in [0, 0.05) is 12.2 Å². The van der Waals surface area contributed by atoms with Gasteiger partial charge in [0.2, 0.25) is 5.91 Å². The molecular weight excluding hydrogens is 192 g/mol. The van der Waals surface area contributed by atoms with Crippen molar-refractivity contribution in [3.8, 4) is 0 Å². The predicted octanol–water partition coefficient (Wildman–Crippen LogP) is 0.148. The smallest absolute Gasteiger partial charge is 0.241 e. The number of nitrogens with one attached hydrogen (secondary N) is 2. The Bertz CT molecular complexity index is 340. The van der Waals surface area contributed by atoms with E-state index in [-0.39, 0.29) is 11.9 Å². The molecule has 0 aliphatic carbocycles. The summed E-state index contributed by atoms with van der Waals surface area (Å²) in [6, 6.07) is 9.64. The van der Waals surface area contributed by atoms with E-state index < -0.39 is 6.10 Å². The first-order valence-electron chi connectivity index (χ1n) is 4.94. The van der Waals surface area contributed by atoms with Crippen molar-refractivity contribution in [2.24, 2.45) is 0 Å². The Kier molecular flexibility index (Phi) is 2.99. The molecule has 1 aromatic rings. The SMILES string of the molecule is O=C(Nc1cc[c]cc1)C1CC(O)CN1. The molecule has 4 heteroatoms. The highest BCUT2D eigenvalue weighted by Gasteiger charge is 2.27. The summed E-state index contributed by atoms with van der Waals surface area (Å²) in [6.07, 6.45) is 0.0648. The summed E-state index contributed by atoms with van der Waals surface area (Å²) in [4.78, 5) is 11.7. The number of aliphatic hydroxyl groups excluding tert-OH is 1. The number of anilines is 1. The summed E-state index contributed by atoms with van der Waals surface area (Å²) in [6.45, 7) is 0.487. The highest BCUT2D eigenvalue weighted by molar-refractivity contribution is 5.95. The zero-order valence-corrected chi connectivity index (χ0v) is 8.23. The average molecular weight is 205 g/mol. The van der Waals surface area contributed by atoms with Crippen LogP contribution in [0.1, 0.15) is 6.42 Å². The van der Waals surface area contributed by atoms with E-state index in [1.165, 1.54) is 0 Å². The molecule has 15 heavy (non-hydrogen) atoms. The van der Waals surface area contributed by atoms with Gasteiger partial charge in [-0.05, 0) is 24.6 Å². The second kappa shape index (κ2) is 4.42. The fourth-order valence-corrected chi connectivity index (χ4v) is 1.62. The third-order valence-corrected chi connectivity index (χ3v) is 2.41. The molecule has 3 N–H and O–H groups in total. The molecule has 2 rings (SSSR count). The molecule has 2 unspecified atom stereocenters. The van der Waals surface area contributed by atoms with Crippen LogP contribution in [0.5, 0.6) is 0 Å². The molecule has 1 radical (unpaired) electrons. The van der Waals surface area contributed by atoms with Crippen LogP contribution in [-0.4, -0.2) is 29.7 Å². The molecule has 0 bridgehead atoms. The van der Waals surface area contributed by atoms with E-state index in [2.05, 4.69) is 16.7 Å². The summed E-state index contributed by atoms with van der Waals surface area (Å²) in [7, 11) is 0. The van der Waals surface area contributed by atoms with Gasteiger partial charge >= 0.3 is 0 Å². The first-order valence-corrected chi connectivity index (χ1v) is 4.94. The van der Waals surface area contributed by atoms with Gasteiger partial charge in [0.25, 0.3) is 0 Å². The Labute approximate surface area is 88.3 Å². The van der Waals surface area contributed by atoms with Gasteiger partial charge in [-0.25, -0.2) is 0 Å². The average Bonchev–Trinajstić information content (AvgIpc) is 2.66. The van der Waals surface area contributed by atoms with Crippen molar-refractivity contribution in [2.75, 3.05) is 11.9 Å². The molecule has 1 aliphatic heterocycles. The van der Waals surface area contributed by atoms with Crippen molar-refractivity contribution < 1.29 is 9.90 Å². The molecule has 1 aromatic carbocycles. The Morgan fingerprint density at radius 1 is 1.53 bits per heavy atom. The van der Waals surface area contributed by atoms with Crippen LogP contribution in [0.3, 0.4) is 0 Å². The van der Waals surface area contributed by atoms with Gasteiger partial charge < -0.3 is 15.7 Å². The minimum atomic E-state index is -0.412. The van der Waals surface area contributed by atoms with Crippen molar-refractivity contribution in [1.82, 2.24) is 5.32 Å². The number of rotatable bonds is 2. The Morgan fingerprint density at radius 3 is 2.87 bits per heavy atom. The van der Waals surface area contributed by atoms with Crippen LogP contribution in [0.4, 0.5) is 5.69 Å². The third-order valence-electron chi connectivity index (χ3n) is 2.41. The van der Waals surface area contributed by atoms with E-state index >= 15 is 0 Å².